The average molecular weight is 238 g/mol. The zero-order chi connectivity index (χ0) is 12.8. The van der Waals surface area contributed by atoms with Crippen molar-refractivity contribution in [2.45, 2.75) is 70.9 Å². The third-order valence-corrected chi connectivity index (χ3v) is 4.71. The van der Waals surface area contributed by atoms with E-state index >= 15 is 0 Å². The summed E-state index contributed by atoms with van der Waals surface area (Å²) in [6.45, 7) is 9.93. The van der Waals surface area contributed by atoms with Gasteiger partial charge < -0.3 is 9.31 Å². The lowest BCUT2D eigenvalue weighted by Crippen LogP contribution is -2.41. The third-order valence-electron chi connectivity index (χ3n) is 4.71. The first-order valence-corrected chi connectivity index (χ1v) is 6.61. The van der Waals surface area contributed by atoms with E-state index in [1.807, 2.05) is 0 Å². The summed E-state index contributed by atoms with van der Waals surface area (Å²) in [5.41, 5.74) is -0.580. The minimum Gasteiger partial charge on any atom is -0.403 e. The van der Waals surface area contributed by atoms with Crippen LogP contribution in [0.3, 0.4) is 0 Å². The molecular formula is C13H23BO3. The molecule has 1 aliphatic carbocycles. The smallest absolute Gasteiger partial charge is 0.403 e. The number of carbonyl (C=O) groups is 1. The van der Waals surface area contributed by atoms with E-state index in [-0.39, 0.29) is 35.8 Å². The summed E-state index contributed by atoms with van der Waals surface area (Å²) in [6, 6.07) is 0. The number of hydrogen-bond donors (Lipinski definition) is 0. The molecule has 4 heteroatoms. The van der Waals surface area contributed by atoms with Gasteiger partial charge in [-0.15, -0.1) is 0 Å². The molecule has 96 valence electrons. The van der Waals surface area contributed by atoms with Crippen molar-refractivity contribution in [1.82, 2.24) is 0 Å². The molecule has 0 unspecified atom stereocenters. The Balaban J connectivity index is 2.13. The van der Waals surface area contributed by atoms with E-state index in [4.69, 9.17) is 9.31 Å². The molecule has 2 aliphatic rings. The zero-order valence-corrected chi connectivity index (χ0v) is 11.6. The second-order valence-electron chi connectivity index (χ2n) is 6.44. The molecule has 2 rings (SSSR count). The molecule has 0 aromatic rings. The van der Waals surface area contributed by atoms with E-state index in [2.05, 4.69) is 27.7 Å². The monoisotopic (exact) mass is 238 g/mol. The second-order valence-corrected chi connectivity index (χ2v) is 6.44. The highest BCUT2D eigenvalue weighted by Gasteiger charge is 2.56. The molecule has 0 radical (unpaired) electrons. The maximum atomic E-state index is 11.6. The Hall–Kier alpha value is -0.345. The van der Waals surface area contributed by atoms with Gasteiger partial charge in [-0.05, 0) is 41.0 Å². The summed E-state index contributed by atoms with van der Waals surface area (Å²) in [7, 11) is -0.212. The Morgan fingerprint density at radius 2 is 1.65 bits per heavy atom. The van der Waals surface area contributed by atoms with Gasteiger partial charge >= 0.3 is 7.12 Å². The lowest BCUT2D eigenvalue weighted by Gasteiger charge is -2.32. The van der Waals surface area contributed by atoms with E-state index in [9.17, 15) is 4.79 Å². The van der Waals surface area contributed by atoms with Crippen LogP contribution in [0.25, 0.3) is 0 Å². The van der Waals surface area contributed by atoms with Gasteiger partial charge in [0.1, 0.15) is 5.78 Å². The fourth-order valence-electron chi connectivity index (χ4n) is 2.88. The summed E-state index contributed by atoms with van der Waals surface area (Å²) in [6.07, 6.45) is 3.14. The molecule has 1 aliphatic heterocycles. The molecule has 0 amide bonds. The molecule has 0 spiro atoms. The van der Waals surface area contributed by atoms with E-state index in [0.29, 0.717) is 0 Å². The molecular weight excluding hydrogens is 215 g/mol. The van der Waals surface area contributed by atoms with Crippen molar-refractivity contribution in [3.8, 4) is 0 Å². The van der Waals surface area contributed by atoms with Gasteiger partial charge in [-0.2, -0.15) is 0 Å². The zero-order valence-electron chi connectivity index (χ0n) is 11.6. The van der Waals surface area contributed by atoms with Gasteiger partial charge in [-0.3, -0.25) is 4.79 Å². The van der Waals surface area contributed by atoms with Gasteiger partial charge in [0.2, 0.25) is 0 Å². The molecule has 1 saturated heterocycles. The molecule has 0 bridgehead atoms. The number of ketones is 1. The summed E-state index contributed by atoms with van der Waals surface area (Å²) < 4.78 is 12.1. The van der Waals surface area contributed by atoms with Crippen LogP contribution >= 0.6 is 0 Å². The maximum Gasteiger partial charge on any atom is 0.461 e. The quantitative estimate of drug-likeness (QED) is 0.694. The molecule has 0 N–H and O–H groups in total. The van der Waals surface area contributed by atoms with Crippen LogP contribution in [0.2, 0.25) is 5.82 Å². The lowest BCUT2D eigenvalue weighted by atomic mass is 9.65. The van der Waals surface area contributed by atoms with E-state index < -0.39 is 0 Å². The Morgan fingerprint density at radius 1 is 1.12 bits per heavy atom. The molecule has 1 heterocycles. The largest absolute Gasteiger partial charge is 0.461 e. The predicted molar refractivity (Wildman–Crippen MR) is 67.9 cm³/mol. The average Bonchev–Trinajstić information content (AvgIpc) is 2.69. The van der Waals surface area contributed by atoms with Crippen molar-refractivity contribution in [1.29, 1.82) is 0 Å². The number of Topliss-reactive ketones (excluding diaryl/α,β-unsaturated/α-hetero) is 1. The van der Waals surface area contributed by atoms with Crippen molar-refractivity contribution in [2.75, 3.05) is 0 Å². The normalized spacial score (nSPS) is 35.2. The molecule has 17 heavy (non-hydrogen) atoms. The standard InChI is InChI=1S/C13H23BO3/c1-9(15)10-7-6-8-11(10)14-16-12(2,3)13(4,5)17-14/h10-11H,6-8H2,1-5H3/t10-,11-/m1/s1. The van der Waals surface area contributed by atoms with Crippen molar-refractivity contribution < 1.29 is 14.1 Å². The van der Waals surface area contributed by atoms with Crippen LogP contribution in [-0.2, 0) is 14.1 Å². The summed E-state index contributed by atoms with van der Waals surface area (Å²) in [4.78, 5) is 11.6. The first-order valence-electron chi connectivity index (χ1n) is 6.61. The Bertz CT molecular complexity index is 309. The van der Waals surface area contributed by atoms with Gasteiger partial charge in [-0.25, -0.2) is 0 Å². The lowest BCUT2D eigenvalue weighted by molar-refractivity contribution is -0.120. The van der Waals surface area contributed by atoms with Crippen LogP contribution in [-0.4, -0.2) is 24.1 Å². The van der Waals surface area contributed by atoms with Crippen molar-refractivity contribution >= 4 is 12.9 Å². The van der Waals surface area contributed by atoms with Gasteiger partial charge in [0.25, 0.3) is 0 Å². The highest BCUT2D eigenvalue weighted by molar-refractivity contribution is 6.48. The maximum absolute atomic E-state index is 11.6. The predicted octanol–water partition coefficient (Wildman–Crippen LogP) is 2.84. The van der Waals surface area contributed by atoms with Crippen molar-refractivity contribution in [3.05, 3.63) is 0 Å². The van der Waals surface area contributed by atoms with Crippen molar-refractivity contribution in [3.63, 3.8) is 0 Å². The third kappa shape index (κ3) is 2.17. The fraction of sp³-hybridized carbons (Fsp3) is 0.923. The number of rotatable bonds is 2. The molecule has 3 nitrogen and oxygen atoms in total. The first-order chi connectivity index (χ1) is 7.74. The van der Waals surface area contributed by atoms with E-state index in [0.717, 1.165) is 19.3 Å². The minimum absolute atomic E-state index is 0.129. The fourth-order valence-corrected chi connectivity index (χ4v) is 2.88. The van der Waals surface area contributed by atoms with Crippen molar-refractivity contribution in [2.24, 2.45) is 5.92 Å². The van der Waals surface area contributed by atoms with Gasteiger partial charge in [-0.1, -0.05) is 12.8 Å². The van der Waals surface area contributed by atoms with Gasteiger partial charge in [0.15, 0.2) is 0 Å². The van der Waals surface area contributed by atoms with Crippen LogP contribution < -0.4 is 0 Å². The molecule has 2 atom stereocenters. The van der Waals surface area contributed by atoms with Crippen LogP contribution in [0.15, 0.2) is 0 Å². The Kier molecular flexibility index (Phi) is 3.15. The number of hydrogen-bond acceptors (Lipinski definition) is 3. The minimum atomic E-state index is -0.290. The highest BCUT2D eigenvalue weighted by Crippen LogP contribution is 2.47. The Labute approximate surface area is 104 Å². The van der Waals surface area contributed by atoms with Crippen LogP contribution in [0.1, 0.15) is 53.9 Å². The summed E-state index contributed by atoms with van der Waals surface area (Å²) in [5, 5.41) is 0. The molecule has 1 saturated carbocycles. The van der Waals surface area contributed by atoms with Gasteiger partial charge in [0, 0.05) is 11.7 Å². The van der Waals surface area contributed by atoms with Crippen LogP contribution in [0.5, 0.6) is 0 Å². The van der Waals surface area contributed by atoms with E-state index in [1.54, 1.807) is 6.92 Å². The van der Waals surface area contributed by atoms with Crippen LogP contribution in [0, 0.1) is 5.92 Å². The SMILES string of the molecule is CC(=O)[C@H]1CCC[C@H]1B1OC(C)(C)C(C)(C)O1. The second kappa shape index (κ2) is 4.09. The first kappa shape index (κ1) is 13.1. The summed E-state index contributed by atoms with van der Waals surface area (Å²) >= 11 is 0. The molecule has 2 fully saturated rings. The van der Waals surface area contributed by atoms with Gasteiger partial charge in [0.05, 0.1) is 11.2 Å². The Morgan fingerprint density at radius 3 is 2.12 bits per heavy atom. The highest BCUT2D eigenvalue weighted by atomic mass is 16.7. The molecule has 0 aromatic carbocycles. The number of carbonyl (C=O) groups excluding carboxylic acids is 1. The van der Waals surface area contributed by atoms with Crippen LogP contribution in [0.4, 0.5) is 0 Å². The topological polar surface area (TPSA) is 35.5 Å². The summed E-state index contributed by atoms with van der Waals surface area (Å²) in [5.74, 6) is 0.653. The molecule has 0 aromatic heterocycles. The van der Waals surface area contributed by atoms with E-state index in [1.165, 1.54) is 0 Å².